The molecule has 0 heterocycles. The summed E-state index contributed by atoms with van der Waals surface area (Å²) in [6, 6.07) is 4.72. The Morgan fingerprint density at radius 3 is 2.85 bits per heavy atom. The lowest BCUT2D eigenvalue weighted by molar-refractivity contribution is -0.479. The Bertz CT molecular complexity index is 327. The molecule has 0 saturated heterocycles. The molecule has 4 nitrogen and oxygen atoms in total. The van der Waals surface area contributed by atoms with E-state index in [4.69, 9.17) is 5.11 Å². The van der Waals surface area contributed by atoms with Gasteiger partial charge in [-0.2, -0.15) is 0 Å². The summed E-state index contributed by atoms with van der Waals surface area (Å²) >= 11 is 3.25. The lowest BCUT2D eigenvalue weighted by Gasteiger charge is -2.01. The molecule has 1 rings (SSSR count). The van der Waals surface area contributed by atoms with Crippen LogP contribution in [-0.2, 0) is 6.42 Å². The van der Waals surface area contributed by atoms with Crippen molar-refractivity contribution in [3.05, 3.63) is 38.3 Å². The largest absolute Gasteiger partial charge is 0.508 e. The molecule has 0 unspecified atom stereocenters. The van der Waals surface area contributed by atoms with Crippen LogP contribution in [0, 0.1) is 10.1 Å². The number of aromatic hydroxyl groups is 1. The Labute approximate surface area is 83.5 Å². The summed E-state index contributed by atoms with van der Waals surface area (Å²) in [5.74, 6) is 0.126. The zero-order valence-electron chi connectivity index (χ0n) is 6.74. The molecule has 0 saturated carbocycles. The van der Waals surface area contributed by atoms with E-state index in [0.717, 1.165) is 10.0 Å². The molecule has 0 aliphatic rings. The van der Waals surface area contributed by atoms with Crippen molar-refractivity contribution >= 4 is 15.9 Å². The van der Waals surface area contributed by atoms with Gasteiger partial charge in [-0.1, -0.05) is 15.9 Å². The minimum absolute atomic E-state index is 0.123. The van der Waals surface area contributed by atoms with Crippen molar-refractivity contribution in [3.8, 4) is 5.75 Å². The molecule has 0 amide bonds. The fourth-order valence-corrected chi connectivity index (χ4v) is 1.41. The summed E-state index contributed by atoms with van der Waals surface area (Å²) in [6.07, 6.45) is 0.321. The third-order valence-corrected chi connectivity index (χ3v) is 2.37. The molecule has 0 atom stereocenters. The van der Waals surface area contributed by atoms with Crippen LogP contribution in [-0.4, -0.2) is 16.6 Å². The van der Waals surface area contributed by atoms with Crippen molar-refractivity contribution in [3.63, 3.8) is 0 Å². The molecule has 0 aliphatic carbocycles. The topological polar surface area (TPSA) is 63.4 Å². The lowest BCUT2D eigenvalue weighted by atomic mass is 10.1. The Hall–Kier alpha value is -1.10. The number of hydrogen-bond donors (Lipinski definition) is 1. The third kappa shape index (κ3) is 3.02. The molecular weight excluding hydrogens is 238 g/mol. The molecule has 1 aromatic rings. The number of nitrogens with zero attached hydrogens (tertiary/aromatic N) is 1. The molecule has 0 aliphatic heterocycles. The quantitative estimate of drug-likeness (QED) is 0.655. The number of benzene rings is 1. The third-order valence-electron chi connectivity index (χ3n) is 1.59. The average Bonchev–Trinajstić information content (AvgIpc) is 2.06. The van der Waals surface area contributed by atoms with Gasteiger partial charge in [0.15, 0.2) is 0 Å². The van der Waals surface area contributed by atoms with E-state index in [1.807, 2.05) is 0 Å². The maximum absolute atomic E-state index is 10.1. The minimum atomic E-state index is -0.378. The van der Waals surface area contributed by atoms with Gasteiger partial charge in [0.2, 0.25) is 6.54 Å². The first-order valence-electron chi connectivity index (χ1n) is 3.69. The highest BCUT2D eigenvalue weighted by atomic mass is 79.9. The zero-order chi connectivity index (χ0) is 9.84. The van der Waals surface area contributed by atoms with Crippen molar-refractivity contribution in [1.29, 1.82) is 0 Å². The van der Waals surface area contributed by atoms with Gasteiger partial charge >= 0.3 is 0 Å². The molecule has 0 spiro atoms. The van der Waals surface area contributed by atoms with Crippen LogP contribution >= 0.6 is 15.9 Å². The van der Waals surface area contributed by atoms with Gasteiger partial charge < -0.3 is 5.11 Å². The van der Waals surface area contributed by atoms with Crippen LogP contribution in [0.4, 0.5) is 0 Å². The second-order valence-electron chi connectivity index (χ2n) is 2.58. The van der Waals surface area contributed by atoms with Gasteiger partial charge in [0.05, 0.1) is 0 Å². The van der Waals surface area contributed by atoms with E-state index < -0.39 is 0 Å². The summed E-state index contributed by atoms with van der Waals surface area (Å²) in [5.41, 5.74) is 0.747. The Balaban J connectivity index is 2.75. The normalized spacial score (nSPS) is 9.92. The van der Waals surface area contributed by atoms with Crippen LogP contribution in [0.15, 0.2) is 22.7 Å². The van der Waals surface area contributed by atoms with Crippen LogP contribution in [0.5, 0.6) is 5.75 Å². The number of halogens is 1. The number of phenolic OH excluding ortho intramolecular Hbond substituents is 1. The van der Waals surface area contributed by atoms with E-state index >= 15 is 0 Å². The average molecular weight is 246 g/mol. The molecule has 0 fully saturated rings. The van der Waals surface area contributed by atoms with Gasteiger partial charge in [-0.15, -0.1) is 0 Å². The van der Waals surface area contributed by atoms with Gasteiger partial charge in [0, 0.05) is 15.8 Å². The highest BCUT2D eigenvalue weighted by molar-refractivity contribution is 9.10. The van der Waals surface area contributed by atoms with Crippen LogP contribution in [0.2, 0.25) is 0 Å². The summed E-state index contributed by atoms with van der Waals surface area (Å²) in [7, 11) is 0. The second-order valence-corrected chi connectivity index (χ2v) is 3.44. The van der Waals surface area contributed by atoms with Crippen molar-refractivity contribution < 1.29 is 10.0 Å². The summed E-state index contributed by atoms with van der Waals surface area (Å²) in [5, 5.41) is 19.2. The Kier molecular flexibility index (Phi) is 3.25. The minimum Gasteiger partial charge on any atom is -0.508 e. The van der Waals surface area contributed by atoms with Crippen molar-refractivity contribution in [2.75, 3.05) is 6.54 Å². The maximum atomic E-state index is 10.1. The maximum Gasteiger partial charge on any atom is 0.207 e. The molecule has 70 valence electrons. The van der Waals surface area contributed by atoms with Crippen molar-refractivity contribution in [2.45, 2.75) is 6.42 Å². The van der Waals surface area contributed by atoms with Gasteiger partial charge in [0.1, 0.15) is 5.75 Å². The fourth-order valence-electron chi connectivity index (χ4n) is 0.964. The van der Waals surface area contributed by atoms with Gasteiger partial charge in [-0.25, -0.2) is 0 Å². The Morgan fingerprint density at radius 1 is 1.54 bits per heavy atom. The smallest absolute Gasteiger partial charge is 0.207 e. The lowest BCUT2D eigenvalue weighted by Crippen LogP contribution is -2.04. The van der Waals surface area contributed by atoms with E-state index in [2.05, 4.69) is 15.9 Å². The van der Waals surface area contributed by atoms with E-state index in [9.17, 15) is 10.1 Å². The van der Waals surface area contributed by atoms with E-state index in [0.29, 0.717) is 6.42 Å². The monoisotopic (exact) mass is 245 g/mol. The first kappa shape index (κ1) is 9.98. The number of nitro groups is 1. The van der Waals surface area contributed by atoms with Crippen molar-refractivity contribution in [2.24, 2.45) is 0 Å². The summed E-state index contributed by atoms with van der Waals surface area (Å²) in [6.45, 7) is -0.123. The molecule has 13 heavy (non-hydrogen) atoms. The molecular formula is C8H8BrNO3. The molecule has 1 aromatic carbocycles. The van der Waals surface area contributed by atoms with Crippen LogP contribution in [0.25, 0.3) is 0 Å². The molecule has 0 radical (unpaired) electrons. The van der Waals surface area contributed by atoms with Gasteiger partial charge in [0.25, 0.3) is 0 Å². The van der Waals surface area contributed by atoms with Gasteiger partial charge in [-0.3, -0.25) is 10.1 Å². The van der Waals surface area contributed by atoms with E-state index in [-0.39, 0.29) is 17.2 Å². The summed E-state index contributed by atoms with van der Waals surface area (Å²) < 4.78 is 0.784. The molecule has 0 aromatic heterocycles. The zero-order valence-corrected chi connectivity index (χ0v) is 8.32. The first-order chi connectivity index (χ1) is 6.09. The highest BCUT2D eigenvalue weighted by Gasteiger charge is 2.04. The van der Waals surface area contributed by atoms with Crippen LogP contribution < -0.4 is 0 Å². The molecule has 0 bridgehead atoms. The van der Waals surface area contributed by atoms with Crippen LogP contribution in [0.3, 0.4) is 0 Å². The first-order valence-corrected chi connectivity index (χ1v) is 4.48. The fraction of sp³-hybridized carbons (Fsp3) is 0.250. The molecule has 5 heteroatoms. The van der Waals surface area contributed by atoms with Crippen molar-refractivity contribution in [1.82, 2.24) is 0 Å². The number of rotatable bonds is 3. The predicted octanol–water partition coefficient (Wildman–Crippen LogP) is 1.97. The number of phenols is 1. The molecule has 1 N–H and O–H groups in total. The Morgan fingerprint density at radius 2 is 2.23 bits per heavy atom. The number of hydrogen-bond acceptors (Lipinski definition) is 3. The van der Waals surface area contributed by atoms with E-state index in [1.165, 1.54) is 12.1 Å². The van der Waals surface area contributed by atoms with Gasteiger partial charge in [-0.05, 0) is 23.8 Å². The van der Waals surface area contributed by atoms with E-state index in [1.54, 1.807) is 6.07 Å². The summed E-state index contributed by atoms with van der Waals surface area (Å²) in [4.78, 5) is 9.72. The SMILES string of the molecule is O=[N+]([O-])CCc1cc(O)ccc1Br. The second kappa shape index (κ2) is 4.23. The highest BCUT2D eigenvalue weighted by Crippen LogP contribution is 2.21. The predicted molar refractivity (Wildman–Crippen MR) is 51.4 cm³/mol. The standard InChI is InChI=1S/C8H8BrNO3/c9-8-2-1-7(11)5-6(8)3-4-10(12)13/h1-2,5,11H,3-4H2. The van der Waals surface area contributed by atoms with Crippen LogP contribution in [0.1, 0.15) is 5.56 Å².